The van der Waals surface area contributed by atoms with Gasteiger partial charge in [0.05, 0.1) is 0 Å². The number of hydrogen-bond donors (Lipinski definition) is 1. The van der Waals surface area contributed by atoms with Gasteiger partial charge in [0.15, 0.2) is 0 Å². The van der Waals surface area contributed by atoms with E-state index in [-0.39, 0.29) is 5.41 Å². The summed E-state index contributed by atoms with van der Waals surface area (Å²) in [6.07, 6.45) is 0. The van der Waals surface area contributed by atoms with Crippen molar-refractivity contribution in [2.75, 3.05) is 5.73 Å². The van der Waals surface area contributed by atoms with Crippen molar-refractivity contribution in [1.29, 1.82) is 0 Å². The van der Waals surface area contributed by atoms with Gasteiger partial charge in [-0.25, -0.2) is 0 Å². The summed E-state index contributed by atoms with van der Waals surface area (Å²) in [5, 5.41) is 0.739. The summed E-state index contributed by atoms with van der Waals surface area (Å²) < 4.78 is 0. The van der Waals surface area contributed by atoms with Gasteiger partial charge in [-0.1, -0.05) is 56.6 Å². The van der Waals surface area contributed by atoms with Crippen LogP contribution in [0.25, 0.3) is 11.1 Å². The lowest BCUT2D eigenvalue weighted by Crippen LogP contribution is -2.11. The van der Waals surface area contributed by atoms with E-state index in [1.807, 2.05) is 24.3 Å². The van der Waals surface area contributed by atoms with Crippen LogP contribution >= 0.6 is 11.6 Å². The fourth-order valence-corrected chi connectivity index (χ4v) is 2.05. The molecule has 94 valence electrons. The number of nitrogens with two attached hydrogens (primary N) is 1. The zero-order valence-electron chi connectivity index (χ0n) is 11.0. The predicted octanol–water partition coefficient (Wildman–Crippen LogP) is 4.89. The first kappa shape index (κ1) is 13.0. The van der Waals surface area contributed by atoms with Crippen LogP contribution in [0.4, 0.5) is 5.69 Å². The molecule has 0 amide bonds. The summed E-state index contributed by atoms with van der Waals surface area (Å²) >= 11 is 5.89. The minimum absolute atomic E-state index is 0.118. The molecule has 0 aliphatic rings. The molecule has 2 heteroatoms. The summed E-state index contributed by atoms with van der Waals surface area (Å²) in [5.74, 6) is 0. The van der Waals surface area contributed by atoms with Gasteiger partial charge >= 0.3 is 0 Å². The van der Waals surface area contributed by atoms with Crippen molar-refractivity contribution < 1.29 is 0 Å². The van der Waals surface area contributed by atoms with Crippen LogP contribution in [0.1, 0.15) is 26.3 Å². The lowest BCUT2D eigenvalue weighted by molar-refractivity contribution is 0.590. The van der Waals surface area contributed by atoms with E-state index in [1.54, 1.807) is 0 Å². The smallest absolute Gasteiger partial charge is 0.0406 e. The highest BCUT2D eigenvalue weighted by Crippen LogP contribution is 2.31. The van der Waals surface area contributed by atoms with Crippen LogP contribution in [0.15, 0.2) is 42.5 Å². The minimum atomic E-state index is 0.118. The number of nitrogen functional groups attached to an aromatic ring is 1. The van der Waals surface area contributed by atoms with Crippen LogP contribution in [-0.4, -0.2) is 0 Å². The largest absolute Gasteiger partial charge is 0.398 e. The van der Waals surface area contributed by atoms with Crippen LogP contribution in [0, 0.1) is 0 Å². The van der Waals surface area contributed by atoms with Crippen molar-refractivity contribution in [3.63, 3.8) is 0 Å². The molecule has 0 aromatic heterocycles. The molecule has 1 nitrogen and oxygen atoms in total. The van der Waals surface area contributed by atoms with Crippen molar-refractivity contribution in [2.45, 2.75) is 26.2 Å². The fraction of sp³-hybridized carbons (Fsp3) is 0.250. The summed E-state index contributed by atoms with van der Waals surface area (Å²) in [6, 6.07) is 14.0. The van der Waals surface area contributed by atoms with Gasteiger partial charge in [0.25, 0.3) is 0 Å². The second-order valence-electron chi connectivity index (χ2n) is 5.56. The van der Waals surface area contributed by atoms with Crippen molar-refractivity contribution in [3.8, 4) is 11.1 Å². The maximum atomic E-state index is 6.16. The van der Waals surface area contributed by atoms with Gasteiger partial charge < -0.3 is 5.73 Å². The topological polar surface area (TPSA) is 26.0 Å². The molecule has 2 aromatic rings. The molecule has 0 bridgehead atoms. The van der Waals surface area contributed by atoms with Crippen LogP contribution in [0.5, 0.6) is 0 Å². The predicted molar refractivity (Wildman–Crippen MR) is 80.0 cm³/mol. The number of anilines is 1. The SMILES string of the molecule is CC(C)(C)c1ccc(-c2ccc(Cl)cc2)c(N)c1. The Labute approximate surface area is 114 Å². The molecule has 0 aliphatic carbocycles. The third kappa shape index (κ3) is 2.68. The monoisotopic (exact) mass is 259 g/mol. The second kappa shape index (κ2) is 4.66. The molecule has 0 saturated heterocycles. The number of benzene rings is 2. The fourth-order valence-electron chi connectivity index (χ4n) is 1.92. The van der Waals surface area contributed by atoms with E-state index in [4.69, 9.17) is 17.3 Å². The first-order valence-electron chi connectivity index (χ1n) is 6.04. The molecule has 0 radical (unpaired) electrons. The Morgan fingerprint density at radius 1 is 0.944 bits per heavy atom. The number of hydrogen-bond acceptors (Lipinski definition) is 1. The van der Waals surface area contributed by atoms with E-state index >= 15 is 0 Å². The van der Waals surface area contributed by atoms with Gasteiger partial charge in [-0.2, -0.15) is 0 Å². The third-order valence-corrected chi connectivity index (χ3v) is 3.32. The highest BCUT2D eigenvalue weighted by Gasteiger charge is 2.15. The highest BCUT2D eigenvalue weighted by atomic mass is 35.5. The van der Waals surface area contributed by atoms with E-state index in [0.29, 0.717) is 0 Å². The average molecular weight is 260 g/mol. The number of halogens is 1. The zero-order valence-corrected chi connectivity index (χ0v) is 11.8. The van der Waals surface area contributed by atoms with Crippen molar-refractivity contribution >= 4 is 17.3 Å². The van der Waals surface area contributed by atoms with Crippen LogP contribution in [-0.2, 0) is 5.41 Å². The molecule has 2 rings (SSSR count). The molecule has 0 fully saturated rings. The summed E-state index contributed by atoms with van der Waals surface area (Å²) in [5.41, 5.74) is 10.5. The Balaban J connectivity index is 2.45. The van der Waals surface area contributed by atoms with E-state index in [0.717, 1.165) is 21.8 Å². The molecular formula is C16H18ClN. The first-order valence-corrected chi connectivity index (χ1v) is 6.42. The summed E-state index contributed by atoms with van der Waals surface area (Å²) in [4.78, 5) is 0. The van der Waals surface area contributed by atoms with E-state index < -0.39 is 0 Å². The van der Waals surface area contributed by atoms with E-state index in [2.05, 4.69) is 39.0 Å². The lowest BCUT2D eigenvalue weighted by Gasteiger charge is -2.20. The van der Waals surface area contributed by atoms with Crippen LogP contribution in [0.3, 0.4) is 0 Å². The Kier molecular flexibility index (Phi) is 3.36. The molecule has 0 saturated carbocycles. The van der Waals surface area contributed by atoms with Gasteiger partial charge in [0.2, 0.25) is 0 Å². The molecule has 18 heavy (non-hydrogen) atoms. The third-order valence-electron chi connectivity index (χ3n) is 3.07. The highest BCUT2D eigenvalue weighted by molar-refractivity contribution is 6.30. The molecule has 0 heterocycles. The molecule has 0 spiro atoms. The van der Waals surface area contributed by atoms with Gasteiger partial charge in [0, 0.05) is 16.3 Å². The Morgan fingerprint density at radius 2 is 1.56 bits per heavy atom. The summed E-state index contributed by atoms with van der Waals surface area (Å²) in [6.45, 7) is 6.55. The first-order chi connectivity index (χ1) is 8.38. The standard InChI is InChI=1S/C16H18ClN/c1-16(2,3)12-6-9-14(15(18)10-12)11-4-7-13(17)8-5-11/h4-10H,18H2,1-3H3. The van der Waals surface area contributed by atoms with Gasteiger partial charge in [-0.3, -0.25) is 0 Å². The molecule has 0 unspecified atom stereocenters. The van der Waals surface area contributed by atoms with Gasteiger partial charge in [-0.15, -0.1) is 0 Å². The van der Waals surface area contributed by atoms with Gasteiger partial charge in [-0.05, 0) is 34.7 Å². The molecular weight excluding hydrogens is 242 g/mol. The Hall–Kier alpha value is -1.47. The summed E-state index contributed by atoms with van der Waals surface area (Å²) in [7, 11) is 0. The molecule has 0 aliphatic heterocycles. The van der Waals surface area contributed by atoms with Crippen LogP contribution in [0.2, 0.25) is 5.02 Å². The average Bonchev–Trinajstić information content (AvgIpc) is 2.29. The Bertz CT molecular complexity index is 550. The van der Waals surface area contributed by atoms with Crippen molar-refractivity contribution in [2.24, 2.45) is 0 Å². The quantitative estimate of drug-likeness (QED) is 0.725. The maximum absolute atomic E-state index is 6.16. The minimum Gasteiger partial charge on any atom is -0.398 e. The normalized spacial score (nSPS) is 11.6. The maximum Gasteiger partial charge on any atom is 0.0406 e. The van der Waals surface area contributed by atoms with E-state index in [1.165, 1.54) is 5.56 Å². The molecule has 2 aromatic carbocycles. The lowest BCUT2D eigenvalue weighted by atomic mass is 9.85. The van der Waals surface area contributed by atoms with E-state index in [9.17, 15) is 0 Å². The zero-order chi connectivity index (χ0) is 13.3. The van der Waals surface area contributed by atoms with Crippen molar-refractivity contribution in [3.05, 3.63) is 53.1 Å². The van der Waals surface area contributed by atoms with Crippen molar-refractivity contribution in [1.82, 2.24) is 0 Å². The van der Waals surface area contributed by atoms with Crippen LogP contribution < -0.4 is 5.73 Å². The Morgan fingerprint density at radius 3 is 2.06 bits per heavy atom. The second-order valence-corrected chi connectivity index (χ2v) is 6.00. The number of rotatable bonds is 1. The van der Waals surface area contributed by atoms with Gasteiger partial charge in [0.1, 0.15) is 0 Å². The molecule has 0 atom stereocenters. The molecule has 2 N–H and O–H groups in total.